The molecule has 0 saturated carbocycles. The zero-order valence-electron chi connectivity index (χ0n) is 11.1. The highest BCUT2D eigenvalue weighted by molar-refractivity contribution is 5.95. The maximum Gasteiger partial charge on any atom is 0.262 e. The molecule has 2 heterocycles. The normalized spacial score (nSPS) is 13.2. The zero-order chi connectivity index (χ0) is 13.9. The molecule has 1 aliphatic rings. The molecule has 2 N–H and O–H groups in total. The molecule has 2 aromatic rings. The van der Waals surface area contributed by atoms with Crippen molar-refractivity contribution in [3.63, 3.8) is 0 Å². The molecular weight excluding hydrogens is 254 g/mol. The van der Waals surface area contributed by atoms with Crippen LogP contribution in [0.1, 0.15) is 11.1 Å². The molecule has 0 bridgehead atoms. The summed E-state index contributed by atoms with van der Waals surface area (Å²) in [5, 5.41) is 6.14. The SMILES string of the molecule is Cc1ccncc1NCc1ccc2c(c1)NC(=O)CO2. The van der Waals surface area contributed by atoms with Gasteiger partial charge < -0.3 is 15.4 Å². The summed E-state index contributed by atoms with van der Waals surface area (Å²) >= 11 is 0. The smallest absolute Gasteiger partial charge is 0.262 e. The van der Waals surface area contributed by atoms with Gasteiger partial charge in [0.15, 0.2) is 6.61 Å². The van der Waals surface area contributed by atoms with Crippen LogP contribution in [-0.4, -0.2) is 17.5 Å². The van der Waals surface area contributed by atoms with Gasteiger partial charge in [-0.3, -0.25) is 9.78 Å². The van der Waals surface area contributed by atoms with Crippen molar-refractivity contribution in [3.8, 4) is 5.75 Å². The first-order valence-corrected chi connectivity index (χ1v) is 6.42. The molecule has 1 aliphatic heterocycles. The number of fused-ring (bicyclic) bond motifs is 1. The number of aryl methyl sites for hydroxylation is 1. The van der Waals surface area contributed by atoms with Crippen LogP contribution in [0.5, 0.6) is 5.75 Å². The molecule has 0 unspecified atom stereocenters. The first-order chi connectivity index (χ1) is 9.72. The molecule has 0 atom stereocenters. The summed E-state index contributed by atoms with van der Waals surface area (Å²) in [5.74, 6) is 0.594. The van der Waals surface area contributed by atoms with Gasteiger partial charge in [0.1, 0.15) is 5.75 Å². The average molecular weight is 269 g/mol. The van der Waals surface area contributed by atoms with Crippen molar-refractivity contribution in [2.75, 3.05) is 17.2 Å². The van der Waals surface area contributed by atoms with Crippen LogP contribution in [0.2, 0.25) is 0 Å². The lowest BCUT2D eigenvalue weighted by Gasteiger charge is -2.18. The molecule has 0 saturated heterocycles. The number of nitrogens with one attached hydrogen (secondary N) is 2. The first-order valence-electron chi connectivity index (χ1n) is 6.42. The number of amides is 1. The number of aromatic nitrogens is 1. The van der Waals surface area contributed by atoms with Gasteiger partial charge in [-0.25, -0.2) is 0 Å². The first kappa shape index (κ1) is 12.5. The van der Waals surface area contributed by atoms with Gasteiger partial charge in [0.05, 0.1) is 17.6 Å². The summed E-state index contributed by atoms with van der Waals surface area (Å²) in [4.78, 5) is 15.4. The van der Waals surface area contributed by atoms with Crippen LogP contribution in [0.4, 0.5) is 11.4 Å². The number of nitrogens with zero attached hydrogens (tertiary/aromatic N) is 1. The molecule has 0 fully saturated rings. The highest BCUT2D eigenvalue weighted by atomic mass is 16.5. The number of ether oxygens (including phenoxy) is 1. The van der Waals surface area contributed by atoms with E-state index in [2.05, 4.69) is 15.6 Å². The fraction of sp³-hybridized carbons (Fsp3) is 0.200. The van der Waals surface area contributed by atoms with Crippen LogP contribution < -0.4 is 15.4 Å². The molecule has 102 valence electrons. The molecule has 1 aromatic heterocycles. The monoisotopic (exact) mass is 269 g/mol. The summed E-state index contributed by atoms with van der Waals surface area (Å²) in [6, 6.07) is 7.74. The van der Waals surface area contributed by atoms with Crippen molar-refractivity contribution >= 4 is 17.3 Å². The third kappa shape index (κ3) is 2.56. The van der Waals surface area contributed by atoms with Gasteiger partial charge >= 0.3 is 0 Å². The molecular formula is C15H15N3O2. The van der Waals surface area contributed by atoms with Gasteiger partial charge in [-0.15, -0.1) is 0 Å². The standard InChI is InChI=1S/C15H15N3O2/c1-10-4-5-16-8-13(10)17-7-11-2-3-14-12(6-11)18-15(19)9-20-14/h2-6,8,17H,7,9H2,1H3,(H,18,19). The quantitative estimate of drug-likeness (QED) is 0.897. The van der Waals surface area contributed by atoms with Crippen molar-refractivity contribution in [2.24, 2.45) is 0 Å². The van der Waals surface area contributed by atoms with E-state index in [-0.39, 0.29) is 12.5 Å². The molecule has 0 aliphatic carbocycles. The third-order valence-corrected chi connectivity index (χ3v) is 3.20. The van der Waals surface area contributed by atoms with Crippen LogP contribution >= 0.6 is 0 Å². The Morgan fingerprint density at radius 2 is 2.30 bits per heavy atom. The second-order valence-electron chi connectivity index (χ2n) is 4.71. The van der Waals surface area contributed by atoms with Gasteiger partial charge in [-0.05, 0) is 36.2 Å². The van der Waals surface area contributed by atoms with Gasteiger partial charge in [-0.2, -0.15) is 0 Å². The van der Waals surface area contributed by atoms with Crippen molar-refractivity contribution in [2.45, 2.75) is 13.5 Å². The zero-order valence-corrected chi connectivity index (χ0v) is 11.1. The highest BCUT2D eigenvalue weighted by Gasteiger charge is 2.15. The maximum atomic E-state index is 11.3. The van der Waals surface area contributed by atoms with Crippen molar-refractivity contribution < 1.29 is 9.53 Å². The Hall–Kier alpha value is -2.56. The molecule has 0 spiro atoms. The Kier molecular flexibility index (Phi) is 3.25. The Morgan fingerprint density at radius 1 is 1.40 bits per heavy atom. The molecule has 5 nitrogen and oxygen atoms in total. The van der Waals surface area contributed by atoms with E-state index < -0.39 is 0 Å². The van der Waals surface area contributed by atoms with E-state index in [1.807, 2.05) is 31.2 Å². The van der Waals surface area contributed by atoms with Crippen LogP contribution in [0.15, 0.2) is 36.7 Å². The summed E-state index contributed by atoms with van der Waals surface area (Å²) in [5.41, 5.74) is 3.95. The predicted octanol–water partition coefficient (Wildman–Crippen LogP) is 2.33. The van der Waals surface area contributed by atoms with E-state index >= 15 is 0 Å². The third-order valence-electron chi connectivity index (χ3n) is 3.20. The fourth-order valence-corrected chi connectivity index (χ4v) is 2.09. The van der Waals surface area contributed by atoms with Gasteiger partial charge in [-0.1, -0.05) is 6.07 Å². The molecule has 1 amide bonds. The van der Waals surface area contributed by atoms with Crippen LogP contribution in [0, 0.1) is 6.92 Å². The molecule has 20 heavy (non-hydrogen) atoms. The number of rotatable bonds is 3. The average Bonchev–Trinajstić information content (AvgIpc) is 2.46. The fourth-order valence-electron chi connectivity index (χ4n) is 2.09. The maximum absolute atomic E-state index is 11.3. The second kappa shape index (κ2) is 5.21. The van der Waals surface area contributed by atoms with E-state index in [0.717, 1.165) is 22.5 Å². The van der Waals surface area contributed by atoms with Crippen LogP contribution in [0.3, 0.4) is 0 Å². The van der Waals surface area contributed by atoms with E-state index in [4.69, 9.17) is 4.74 Å². The number of benzene rings is 1. The number of hydrogen-bond acceptors (Lipinski definition) is 4. The number of carbonyl (C=O) groups is 1. The summed E-state index contributed by atoms with van der Waals surface area (Å²) < 4.78 is 5.33. The minimum absolute atomic E-state index is 0.0828. The van der Waals surface area contributed by atoms with Gasteiger partial charge in [0, 0.05) is 12.7 Å². The number of pyridine rings is 1. The van der Waals surface area contributed by atoms with Crippen molar-refractivity contribution in [1.29, 1.82) is 0 Å². The van der Waals surface area contributed by atoms with Crippen molar-refractivity contribution in [3.05, 3.63) is 47.8 Å². The lowest BCUT2D eigenvalue weighted by atomic mass is 10.1. The Morgan fingerprint density at radius 3 is 3.15 bits per heavy atom. The lowest BCUT2D eigenvalue weighted by Crippen LogP contribution is -2.25. The van der Waals surface area contributed by atoms with Gasteiger partial charge in [0.2, 0.25) is 0 Å². The number of hydrogen-bond donors (Lipinski definition) is 2. The minimum atomic E-state index is -0.120. The van der Waals surface area contributed by atoms with E-state index in [1.165, 1.54) is 0 Å². The Labute approximate surface area is 117 Å². The Bertz CT molecular complexity index is 655. The van der Waals surface area contributed by atoms with Gasteiger partial charge in [0.25, 0.3) is 5.91 Å². The van der Waals surface area contributed by atoms with E-state index in [1.54, 1.807) is 12.4 Å². The lowest BCUT2D eigenvalue weighted by molar-refractivity contribution is -0.118. The summed E-state index contributed by atoms with van der Waals surface area (Å²) in [6.07, 6.45) is 3.57. The van der Waals surface area contributed by atoms with Crippen LogP contribution in [0.25, 0.3) is 0 Å². The second-order valence-corrected chi connectivity index (χ2v) is 4.71. The largest absolute Gasteiger partial charge is 0.482 e. The van der Waals surface area contributed by atoms with E-state index in [0.29, 0.717) is 12.3 Å². The van der Waals surface area contributed by atoms with Crippen molar-refractivity contribution in [1.82, 2.24) is 4.98 Å². The van der Waals surface area contributed by atoms with Crippen LogP contribution in [-0.2, 0) is 11.3 Å². The highest BCUT2D eigenvalue weighted by Crippen LogP contribution is 2.28. The minimum Gasteiger partial charge on any atom is -0.482 e. The molecule has 5 heteroatoms. The predicted molar refractivity (Wildman–Crippen MR) is 76.9 cm³/mol. The number of carbonyl (C=O) groups excluding carboxylic acids is 1. The topological polar surface area (TPSA) is 63.2 Å². The summed E-state index contributed by atoms with van der Waals surface area (Å²) in [6.45, 7) is 2.78. The molecule has 3 rings (SSSR count). The van der Waals surface area contributed by atoms with E-state index in [9.17, 15) is 4.79 Å². The molecule has 0 radical (unpaired) electrons. The summed E-state index contributed by atoms with van der Waals surface area (Å²) in [7, 11) is 0. The number of anilines is 2. The molecule has 1 aromatic carbocycles. The Balaban J connectivity index is 1.74.